The molecule has 1 aromatic rings. The minimum absolute atomic E-state index is 0. The first kappa shape index (κ1) is 27.5. The first-order valence-electron chi connectivity index (χ1n) is 9.66. The molecule has 31 heavy (non-hydrogen) atoms. The van der Waals surface area contributed by atoms with Crippen LogP contribution < -0.4 is 20.1 Å². The van der Waals surface area contributed by atoms with Crippen molar-refractivity contribution in [3.8, 4) is 11.5 Å². The Morgan fingerprint density at radius 3 is 2.65 bits per heavy atom. The number of guanidine groups is 1. The fraction of sp³-hybridized carbons (Fsp3) is 0.632. The normalized spacial score (nSPS) is 17.4. The number of rotatable bonds is 9. The van der Waals surface area contributed by atoms with Gasteiger partial charge in [0.1, 0.15) is 0 Å². The molecule has 0 saturated carbocycles. The van der Waals surface area contributed by atoms with E-state index in [4.69, 9.17) is 4.74 Å². The topological polar surface area (TPSA) is 58.1 Å². The smallest absolute Gasteiger partial charge is 0.401 e. The largest absolute Gasteiger partial charge is 0.493 e. The minimum Gasteiger partial charge on any atom is -0.493 e. The molecule has 1 aliphatic rings. The number of alkyl halides is 5. The van der Waals surface area contributed by atoms with Gasteiger partial charge in [0.15, 0.2) is 17.5 Å². The van der Waals surface area contributed by atoms with Crippen molar-refractivity contribution in [1.29, 1.82) is 0 Å². The van der Waals surface area contributed by atoms with E-state index in [9.17, 15) is 22.0 Å². The third kappa shape index (κ3) is 10.1. The van der Waals surface area contributed by atoms with Gasteiger partial charge in [-0.2, -0.15) is 22.0 Å². The molecular formula is C19H28F5IN4O2. The molecule has 1 unspecified atom stereocenters. The third-order valence-corrected chi connectivity index (χ3v) is 4.47. The second kappa shape index (κ2) is 13.1. The highest BCUT2D eigenvalue weighted by Crippen LogP contribution is 2.29. The average molecular weight is 566 g/mol. The Kier molecular flexibility index (Phi) is 11.6. The number of nitrogens with one attached hydrogen (secondary N) is 2. The van der Waals surface area contributed by atoms with E-state index >= 15 is 0 Å². The van der Waals surface area contributed by atoms with Crippen molar-refractivity contribution < 1.29 is 31.4 Å². The fourth-order valence-corrected chi connectivity index (χ4v) is 3.22. The standard InChI is InChI=1S/C19H27F5N4O2.HI/c1-3-25-18(27-14-7-9-28(11-14)12-19(22,23)24)26-8-6-13-4-5-15(29-2)16(10-13)30-17(20)21;/h4-5,10,14,17H,3,6-9,11-12H2,1-2H3,(H2,25,26,27);1H. The summed E-state index contributed by atoms with van der Waals surface area (Å²) in [6.07, 6.45) is -3.16. The summed E-state index contributed by atoms with van der Waals surface area (Å²) in [4.78, 5) is 5.80. The Balaban J connectivity index is 0.00000480. The SMILES string of the molecule is CCNC(=NCCc1ccc(OC)c(OC(F)F)c1)NC1CCN(CC(F)(F)F)C1.I. The summed E-state index contributed by atoms with van der Waals surface area (Å²) in [5.74, 6) is 0.672. The van der Waals surface area contributed by atoms with E-state index in [0.29, 0.717) is 38.4 Å². The highest BCUT2D eigenvalue weighted by molar-refractivity contribution is 14.0. The number of halogens is 6. The predicted octanol–water partition coefficient (Wildman–Crippen LogP) is 3.65. The second-order valence-electron chi connectivity index (χ2n) is 6.85. The Bertz CT molecular complexity index is 706. The molecule has 1 atom stereocenters. The molecule has 1 heterocycles. The quantitative estimate of drug-likeness (QED) is 0.207. The van der Waals surface area contributed by atoms with Gasteiger partial charge in [-0.25, -0.2) is 0 Å². The number of aliphatic imine (C=N–C) groups is 1. The lowest BCUT2D eigenvalue weighted by Gasteiger charge is -2.19. The first-order chi connectivity index (χ1) is 14.2. The molecule has 0 aromatic heterocycles. The molecule has 0 aliphatic carbocycles. The number of hydrogen-bond donors (Lipinski definition) is 2. The van der Waals surface area contributed by atoms with Gasteiger partial charge in [-0.15, -0.1) is 24.0 Å². The molecule has 178 valence electrons. The zero-order valence-corrected chi connectivity index (χ0v) is 19.7. The molecule has 1 saturated heterocycles. The van der Waals surface area contributed by atoms with Crippen molar-refractivity contribution in [2.75, 3.05) is 39.8 Å². The molecular weight excluding hydrogens is 538 g/mol. The van der Waals surface area contributed by atoms with Crippen LogP contribution in [0.15, 0.2) is 23.2 Å². The van der Waals surface area contributed by atoms with E-state index in [1.807, 2.05) is 6.92 Å². The van der Waals surface area contributed by atoms with Crippen LogP contribution in [0.3, 0.4) is 0 Å². The van der Waals surface area contributed by atoms with Crippen molar-refractivity contribution in [3.05, 3.63) is 23.8 Å². The van der Waals surface area contributed by atoms with E-state index in [1.165, 1.54) is 18.1 Å². The zero-order valence-electron chi connectivity index (χ0n) is 17.3. The van der Waals surface area contributed by atoms with Gasteiger partial charge in [0.2, 0.25) is 0 Å². The van der Waals surface area contributed by atoms with Crippen LogP contribution >= 0.6 is 24.0 Å². The monoisotopic (exact) mass is 566 g/mol. The highest BCUT2D eigenvalue weighted by atomic mass is 127. The van der Waals surface area contributed by atoms with E-state index in [1.54, 1.807) is 12.1 Å². The van der Waals surface area contributed by atoms with Crippen molar-refractivity contribution in [2.24, 2.45) is 4.99 Å². The lowest BCUT2D eigenvalue weighted by atomic mass is 10.1. The molecule has 6 nitrogen and oxygen atoms in total. The van der Waals surface area contributed by atoms with Gasteiger partial charge in [0.25, 0.3) is 0 Å². The van der Waals surface area contributed by atoms with Crippen molar-refractivity contribution in [3.63, 3.8) is 0 Å². The average Bonchev–Trinajstić information content (AvgIpc) is 3.06. The van der Waals surface area contributed by atoms with Crippen LogP contribution in [0.5, 0.6) is 11.5 Å². The van der Waals surface area contributed by atoms with Gasteiger partial charge in [0.05, 0.1) is 13.7 Å². The fourth-order valence-electron chi connectivity index (χ4n) is 3.22. The molecule has 1 aromatic carbocycles. The van der Waals surface area contributed by atoms with Crippen molar-refractivity contribution in [2.45, 2.75) is 38.6 Å². The van der Waals surface area contributed by atoms with Gasteiger partial charge >= 0.3 is 12.8 Å². The minimum atomic E-state index is -4.21. The van der Waals surface area contributed by atoms with Crippen LogP contribution in [-0.2, 0) is 6.42 Å². The summed E-state index contributed by atoms with van der Waals surface area (Å²) in [6, 6.07) is 4.64. The van der Waals surface area contributed by atoms with Crippen LogP contribution in [0.2, 0.25) is 0 Å². The lowest BCUT2D eigenvalue weighted by Crippen LogP contribution is -2.45. The van der Waals surface area contributed by atoms with Crippen LogP contribution in [0.4, 0.5) is 22.0 Å². The number of benzene rings is 1. The Morgan fingerprint density at radius 1 is 1.29 bits per heavy atom. The Morgan fingerprint density at radius 2 is 2.03 bits per heavy atom. The number of ether oxygens (including phenoxy) is 2. The molecule has 0 spiro atoms. The van der Waals surface area contributed by atoms with Gasteiger partial charge in [-0.1, -0.05) is 6.07 Å². The Hall–Kier alpha value is -1.57. The molecule has 0 bridgehead atoms. The van der Waals surface area contributed by atoms with E-state index in [0.717, 1.165) is 5.56 Å². The maximum atomic E-state index is 12.5. The van der Waals surface area contributed by atoms with Crippen LogP contribution in [-0.4, -0.2) is 69.5 Å². The van der Waals surface area contributed by atoms with Crippen molar-refractivity contribution in [1.82, 2.24) is 15.5 Å². The summed E-state index contributed by atoms with van der Waals surface area (Å²) >= 11 is 0. The predicted molar refractivity (Wildman–Crippen MR) is 119 cm³/mol. The number of nitrogens with zero attached hydrogens (tertiary/aromatic N) is 2. The summed E-state index contributed by atoms with van der Waals surface area (Å²) in [7, 11) is 1.37. The third-order valence-electron chi connectivity index (χ3n) is 4.47. The van der Waals surface area contributed by atoms with Crippen molar-refractivity contribution >= 4 is 29.9 Å². The summed E-state index contributed by atoms with van der Waals surface area (Å²) in [5.41, 5.74) is 0.739. The zero-order chi connectivity index (χ0) is 22.1. The van der Waals surface area contributed by atoms with Crippen LogP contribution in [0.25, 0.3) is 0 Å². The maximum Gasteiger partial charge on any atom is 0.401 e. The molecule has 12 heteroatoms. The van der Waals surface area contributed by atoms with Crippen LogP contribution in [0.1, 0.15) is 18.9 Å². The number of hydrogen-bond acceptors (Lipinski definition) is 4. The molecule has 2 rings (SSSR count). The number of methoxy groups -OCH3 is 1. The molecule has 1 aliphatic heterocycles. The molecule has 0 radical (unpaired) electrons. The lowest BCUT2D eigenvalue weighted by molar-refractivity contribution is -0.143. The van der Waals surface area contributed by atoms with Gasteiger partial charge in [0, 0.05) is 32.2 Å². The maximum absolute atomic E-state index is 12.5. The molecule has 1 fully saturated rings. The second-order valence-corrected chi connectivity index (χ2v) is 6.85. The molecule has 0 amide bonds. The summed E-state index contributed by atoms with van der Waals surface area (Å²) in [6.45, 7) is -0.376. The summed E-state index contributed by atoms with van der Waals surface area (Å²) in [5, 5.41) is 6.23. The first-order valence-corrected chi connectivity index (χ1v) is 9.66. The van der Waals surface area contributed by atoms with Crippen LogP contribution in [0, 0.1) is 0 Å². The van der Waals surface area contributed by atoms with E-state index in [2.05, 4.69) is 20.4 Å². The van der Waals surface area contributed by atoms with Gasteiger partial charge < -0.3 is 20.1 Å². The Labute approximate surface area is 195 Å². The van der Waals surface area contributed by atoms with E-state index in [-0.39, 0.29) is 48.1 Å². The summed E-state index contributed by atoms with van der Waals surface area (Å²) < 4.78 is 72.2. The molecule has 2 N–H and O–H groups in total. The van der Waals surface area contributed by atoms with Gasteiger partial charge in [-0.3, -0.25) is 9.89 Å². The number of likely N-dealkylation sites (tertiary alicyclic amines) is 1. The van der Waals surface area contributed by atoms with E-state index < -0.39 is 19.3 Å². The highest BCUT2D eigenvalue weighted by Gasteiger charge is 2.34. The van der Waals surface area contributed by atoms with Gasteiger partial charge in [-0.05, 0) is 37.5 Å².